The van der Waals surface area contributed by atoms with E-state index in [0.717, 1.165) is 30.3 Å². The van der Waals surface area contributed by atoms with Crippen LogP contribution in [0.25, 0.3) is 5.65 Å². The molecule has 0 saturated carbocycles. The second-order valence-corrected chi connectivity index (χ2v) is 9.55. The van der Waals surface area contributed by atoms with E-state index in [1.807, 2.05) is 13.0 Å². The Morgan fingerprint density at radius 3 is 2.74 bits per heavy atom. The number of carbonyl (C=O) groups is 1. The van der Waals surface area contributed by atoms with Crippen molar-refractivity contribution < 1.29 is 22.7 Å². The Hall–Kier alpha value is -3.63. The molecule has 0 fully saturated rings. The smallest absolute Gasteiger partial charge is 0.404 e. The van der Waals surface area contributed by atoms with Gasteiger partial charge in [0.15, 0.2) is 0 Å². The maximum absolute atomic E-state index is 13.1. The molecule has 1 aliphatic rings. The molecule has 0 radical (unpaired) electrons. The van der Waals surface area contributed by atoms with E-state index in [2.05, 4.69) is 37.1 Å². The molecule has 0 aliphatic carbocycles. The zero-order chi connectivity index (χ0) is 26.9. The number of carbonyl (C=O) groups excluding carboxylic acids is 1. The number of halogens is 4. The topological polar surface area (TPSA) is 71.8 Å². The quantitative estimate of drug-likeness (QED) is 0.341. The van der Waals surface area contributed by atoms with Crippen molar-refractivity contribution in [1.82, 2.24) is 24.6 Å². The number of hydrogen-bond donors (Lipinski definition) is 1. The predicted octanol–water partition coefficient (Wildman–Crippen LogP) is 5.33. The van der Waals surface area contributed by atoms with Crippen LogP contribution >= 0.6 is 11.6 Å². The number of pyridine rings is 2. The van der Waals surface area contributed by atoms with E-state index in [1.54, 1.807) is 28.8 Å². The highest BCUT2D eigenvalue weighted by molar-refractivity contribution is 6.30. The minimum Gasteiger partial charge on any atom is -0.404 e. The summed E-state index contributed by atoms with van der Waals surface area (Å²) < 4.78 is 42.7. The lowest BCUT2D eigenvalue weighted by molar-refractivity contribution is -0.274. The Bertz CT molecular complexity index is 1470. The van der Waals surface area contributed by atoms with Gasteiger partial charge in [-0.3, -0.25) is 19.1 Å². The summed E-state index contributed by atoms with van der Waals surface area (Å²) in [4.78, 5) is 24.0. The maximum Gasteiger partial charge on any atom is 0.573 e. The number of ether oxygens (including phenoxy) is 1. The minimum atomic E-state index is -4.74. The summed E-state index contributed by atoms with van der Waals surface area (Å²) in [5.74, 6) is -0.560. The van der Waals surface area contributed by atoms with Crippen molar-refractivity contribution in [3.8, 4) is 5.75 Å². The first-order valence-electron chi connectivity index (χ1n) is 12.2. The van der Waals surface area contributed by atoms with Crippen LogP contribution in [-0.4, -0.2) is 38.1 Å². The van der Waals surface area contributed by atoms with Crippen LogP contribution in [0.5, 0.6) is 5.75 Å². The number of amides is 1. The highest BCUT2D eigenvalue weighted by Crippen LogP contribution is 2.24. The molecule has 11 heteroatoms. The van der Waals surface area contributed by atoms with Gasteiger partial charge in [0.1, 0.15) is 17.1 Å². The van der Waals surface area contributed by atoms with E-state index < -0.39 is 6.36 Å². The molecule has 38 heavy (non-hydrogen) atoms. The summed E-state index contributed by atoms with van der Waals surface area (Å²) in [6.07, 6.45) is -0.501. The second-order valence-electron chi connectivity index (χ2n) is 9.12. The first-order chi connectivity index (χ1) is 18.2. The van der Waals surface area contributed by atoms with Crippen LogP contribution in [0.3, 0.4) is 0 Å². The standard InChI is InChI=1S/C27H25ClF3N5O2/c1-2-23-25(36-15-20(28)5-8-24(36)34-23)26(37)33-12-17-3-4-18-9-10-35(14-19(18)11-17)16-21-6-7-22(13-32-21)38-27(29,30)31/h3-8,11,13,15H,2,9-10,12,14,16H2,1H3,(H,33,37). The summed E-state index contributed by atoms with van der Waals surface area (Å²) in [6, 6.07) is 12.5. The van der Waals surface area contributed by atoms with Crippen molar-refractivity contribution in [3.63, 3.8) is 0 Å². The van der Waals surface area contributed by atoms with Crippen molar-refractivity contribution >= 4 is 23.2 Å². The molecular weight excluding hydrogens is 519 g/mol. The van der Waals surface area contributed by atoms with Gasteiger partial charge in [0.25, 0.3) is 5.91 Å². The molecule has 0 atom stereocenters. The van der Waals surface area contributed by atoms with Gasteiger partial charge in [0.05, 0.1) is 22.6 Å². The van der Waals surface area contributed by atoms with Gasteiger partial charge in [-0.2, -0.15) is 0 Å². The predicted molar refractivity (Wildman–Crippen MR) is 136 cm³/mol. The first kappa shape index (κ1) is 26.0. The van der Waals surface area contributed by atoms with E-state index in [4.69, 9.17) is 11.6 Å². The molecule has 0 saturated heterocycles. The zero-order valence-corrected chi connectivity index (χ0v) is 21.3. The van der Waals surface area contributed by atoms with Gasteiger partial charge in [0.2, 0.25) is 0 Å². The number of rotatable bonds is 7. The van der Waals surface area contributed by atoms with Gasteiger partial charge in [-0.05, 0) is 53.8 Å². The number of nitrogens with zero attached hydrogens (tertiary/aromatic N) is 4. The van der Waals surface area contributed by atoms with Crippen LogP contribution in [-0.2, 0) is 32.5 Å². The van der Waals surface area contributed by atoms with Gasteiger partial charge in [-0.1, -0.05) is 36.7 Å². The number of nitrogens with one attached hydrogen (secondary N) is 1. The van der Waals surface area contributed by atoms with E-state index >= 15 is 0 Å². The number of benzene rings is 1. The Kier molecular flexibility index (Phi) is 7.27. The summed E-state index contributed by atoms with van der Waals surface area (Å²) in [5.41, 5.74) is 5.87. The fraction of sp³-hybridized carbons (Fsp3) is 0.296. The van der Waals surface area contributed by atoms with Gasteiger partial charge in [-0.15, -0.1) is 13.2 Å². The van der Waals surface area contributed by atoms with E-state index in [0.29, 0.717) is 53.8 Å². The maximum atomic E-state index is 13.1. The number of imidazole rings is 1. The van der Waals surface area contributed by atoms with Gasteiger partial charge in [0, 0.05) is 32.4 Å². The van der Waals surface area contributed by atoms with Crippen LogP contribution in [0.2, 0.25) is 5.02 Å². The van der Waals surface area contributed by atoms with Gasteiger partial charge in [-0.25, -0.2) is 4.98 Å². The monoisotopic (exact) mass is 543 g/mol. The lowest BCUT2D eigenvalue weighted by atomic mass is 9.97. The average molecular weight is 544 g/mol. The molecule has 1 aromatic carbocycles. The van der Waals surface area contributed by atoms with Crippen molar-refractivity contribution in [3.05, 3.63) is 93.7 Å². The molecule has 0 spiro atoms. The van der Waals surface area contributed by atoms with Crippen LogP contribution in [0.4, 0.5) is 13.2 Å². The van der Waals surface area contributed by atoms with Crippen LogP contribution < -0.4 is 10.1 Å². The number of aryl methyl sites for hydroxylation is 1. The first-order valence-corrected chi connectivity index (χ1v) is 12.5. The summed E-state index contributed by atoms with van der Waals surface area (Å²) >= 11 is 6.15. The summed E-state index contributed by atoms with van der Waals surface area (Å²) in [5, 5.41) is 3.53. The Labute approximate surface area is 222 Å². The molecule has 1 amide bonds. The van der Waals surface area contributed by atoms with Crippen LogP contribution in [0, 0.1) is 0 Å². The van der Waals surface area contributed by atoms with Crippen LogP contribution in [0.1, 0.15) is 45.5 Å². The SMILES string of the molecule is CCc1nc2ccc(Cl)cn2c1C(=O)NCc1ccc2c(c1)CN(Cc1ccc(OC(F)(F)F)cn1)CC2. The lowest BCUT2D eigenvalue weighted by Crippen LogP contribution is -2.31. The fourth-order valence-electron chi connectivity index (χ4n) is 4.66. The minimum absolute atomic E-state index is 0.222. The highest BCUT2D eigenvalue weighted by atomic mass is 35.5. The van der Waals surface area contributed by atoms with Gasteiger partial charge >= 0.3 is 6.36 Å². The zero-order valence-electron chi connectivity index (χ0n) is 20.6. The Balaban J connectivity index is 1.24. The molecule has 7 nitrogen and oxygen atoms in total. The number of alkyl halides is 3. The normalized spacial score (nSPS) is 13.9. The molecule has 3 aromatic heterocycles. The third-order valence-corrected chi connectivity index (χ3v) is 6.66. The molecule has 1 N–H and O–H groups in total. The van der Waals surface area contributed by atoms with Crippen LogP contribution in [0.15, 0.2) is 54.9 Å². The second kappa shape index (κ2) is 10.6. The van der Waals surface area contributed by atoms with Gasteiger partial charge < -0.3 is 10.1 Å². The molecular formula is C27H25ClF3N5O2. The van der Waals surface area contributed by atoms with Crippen molar-refractivity contribution in [2.24, 2.45) is 0 Å². The van der Waals surface area contributed by atoms with Crippen molar-refractivity contribution in [1.29, 1.82) is 0 Å². The molecule has 5 rings (SSSR count). The van der Waals surface area contributed by atoms with E-state index in [9.17, 15) is 18.0 Å². The largest absolute Gasteiger partial charge is 0.573 e. The molecule has 4 aromatic rings. The molecule has 4 heterocycles. The number of aromatic nitrogens is 3. The molecule has 0 bridgehead atoms. The van der Waals surface area contributed by atoms with Crippen molar-refractivity contribution in [2.45, 2.75) is 45.8 Å². The highest BCUT2D eigenvalue weighted by Gasteiger charge is 2.31. The Morgan fingerprint density at radius 1 is 1.16 bits per heavy atom. The molecule has 198 valence electrons. The number of hydrogen-bond acceptors (Lipinski definition) is 5. The summed E-state index contributed by atoms with van der Waals surface area (Å²) in [6.45, 7) is 4.29. The molecule has 1 aliphatic heterocycles. The third kappa shape index (κ3) is 5.92. The van der Waals surface area contributed by atoms with E-state index in [1.165, 1.54) is 11.6 Å². The number of fused-ring (bicyclic) bond motifs is 2. The average Bonchev–Trinajstić information content (AvgIpc) is 3.25. The fourth-order valence-corrected chi connectivity index (χ4v) is 4.82. The van der Waals surface area contributed by atoms with Crippen molar-refractivity contribution in [2.75, 3.05) is 6.54 Å². The third-order valence-electron chi connectivity index (χ3n) is 6.44. The Morgan fingerprint density at radius 2 is 2.00 bits per heavy atom. The lowest BCUT2D eigenvalue weighted by Gasteiger charge is -2.29. The summed E-state index contributed by atoms with van der Waals surface area (Å²) in [7, 11) is 0. The van der Waals surface area contributed by atoms with E-state index in [-0.39, 0.29) is 11.7 Å². The molecule has 0 unspecified atom stereocenters.